The minimum atomic E-state index is -0.122. The van der Waals surface area contributed by atoms with Gasteiger partial charge in [0.25, 0.3) is 0 Å². The average molecular weight is 234 g/mol. The van der Waals surface area contributed by atoms with Crippen LogP contribution in [0.5, 0.6) is 11.5 Å². The highest BCUT2D eigenvalue weighted by molar-refractivity contribution is 5.40. The van der Waals surface area contributed by atoms with Crippen molar-refractivity contribution in [3.63, 3.8) is 0 Å². The van der Waals surface area contributed by atoms with Crippen molar-refractivity contribution in [3.8, 4) is 11.5 Å². The molecule has 4 nitrogen and oxygen atoms in total. The van der Waals surface area contributed by atoms with Crippen LogP contribution in [0.1, 0.15) is 12.0 Å². The molecule has 1 aliphatic carbocycles. The average Bonchev–Trinajstić information content (AvgIpc) is 2.34. The third-order valence-electron chi connectivity index (χ3n) is 2.29. The van der Waals surface area contributed by atoms with E-state index in [9.17, 15) is 0 Å². The summed E-state index contributed by atoms with van der Waals surface area (Å²) in [5.41, 5.74) is 11.6. The van der Waals surface area contributed by atoms with Crippen molar-refractivity contribution in [2.45, 2.75) is 19.0 Å². The van der Waals surface area contributed by atoms with Crippen LogP contribution in [0.25, 0.3) is 0 Å². The van der Waals surface area contributed by atoms with Gasteiger partial charge in [0.05, 0.1) is 0 Å². The Hall–Kier alpha value is -1.78. The van der Waals surface area contributed by atoms with Gasteiger partial charge in [-0.1, -0.05) is 30.4 Å². The molecule has 0 aromatic heterocycles. The first kappa shape index (κ1) is 13.3. The molecular formula is C13H18N2O2. The Balaban J connectivity index is 0.000000181. The Morgan fingerprint density at radius 2 is 1.94 bits per heavy atom. The lowest BCUT2D eigenvalue weighted by Crippen LogP contribution is -2.16. The molecule has 4 heteroatoms. The number of allylic oxidation sites excluding steroid dienone is 2. The fraction of sp³-hybridized carbons (Fsp3) is 0.231. The Kier molecular flexibility index (Phi) is 5.26. The van der Waals surface area contributed by atoms with E-state index in [0.717, 1.165) is 12.0 Å². The third-order valence-corrected chi connectivity index (χ3v) is 2.29. The molecular weight excluding hydrogens is 216 g/mol. The Morgan fingerprint density at radius 1 is 1.18 bits per heavy atom. The lowest BCUT2D eigenvalue weighted by atomic mass is 10.1. The zero-order chi connectivity index (χ0) is 12.7. The summed E-state index contributed by atoms with van der Waals surface area (Å²) in [5.74, 6) is -0.236. The smallest absolute Gasteiger partial charge is 0.157 e. The zero-order valence-electron chi connectivity index (χ0n) is 9.58. The number of aromatic hydroxyl groups is 2. The van der Waals surface area contributed by atoms with Crippen molar-refractivity contribution in [3.05, 3.63) is 48.1 Å². The van der Waals surface area contributed by atoms with Crippen LogP contribution >= 0.6 is 0 Å². The van der Waals surface area contributed by atoms with E-state index in [1.54, 1.807) is 6.07 Å². The summed E-state index contributed by atoms with van der Waals surface area (Å²) in [6.45, 7) is 0.369. The third kappa shape index (κ3) is 4.72. The number of phenols is 2. The summed E-state index contributed by atoms with van der Waals surface area (Å²) >= 11 is 0. The van der Waals surface area contributed by atoms with E-state index in [1.807, 2.05) is 18.2 Å². The number of hydrogen-bond donors (Lipinski definition) is 4. The van der Waals surface area contributed by atoms with Gasteiger partial charge < -0.3 is 21.7 Å². The highest BCUT2D eigenvalue weighted by Crippen LogP contribution is 2.24. The van der Waals surface area contributed by atoms with E-state index in [4.69, 9.17) is 21.7 Å². The first-order chi connectivity index (χ1) is 8.13. The van der Waals surface area contributed by atoms with Crippen LogP contribution in [0.4, 0.5) is 0 Å². The predicted molar refractivity (Wildman–Crippen MR) is 68.5 cm³/mol. The molecule has 0 amide bonds. The topological polar surface area (TPSA) is 92.5 Å². The number of nitrogens with two attached hydrogens (primary N) is 2. The first-order valence-corrected chi connectivity index (χ1v) is 5.43. The lowest BCUT2D eigenvalue weighted by Gasteiger charge is -2.02. The summed E-state index contributed by atoms with van der Waals surface area (Å²) < 4.78 is 0. The number of rotatable bonds is 1. The van der Waals surface area contributed by atoms with Crippen molar-refractivity contribution in [2.24, 2.45) is 11.5 Å². The minimum Gasteiger partial charge on any atom is -0.504 e. The Morgan fingerprint density at radius 3 is 2.35 bits per heavy atom. The molecule has 1 unspecified atom stereocenters. The molecule has 92 valence electrons. The lowest BCUT2D eigenvalue weighted by molar-refractivity contribution is 0.403. The van der Waals surface area contributed by atoms with Crippen LogP contribution < -0.4 is 11.5 Å². The molecule has 0 fully saturated rings. The molecule has 0 heterocycles. The number of hydrogen-bond acceptors (Lipinski definition) is 4. The summed E-state index contributed by atoms with van der Waals surface area (Å²) in [4.78, 5) is 0. The van der Waals surface area contributed by atoms with Crippen LogP contribution in [0.3, 0.4) is 0 Å². The van der Waals surface area contributed by atoms with Crippen molar-refractivity contribution in [1.29, 1.82) is 0 Å². The van der Waals surface area contributed by atoms with Gasteiger partial charge >= 0.3 is 0 Å². The molecule has 0 aliphatic heterocycles. The standard InChI is InChI=1S/C7H9NO2.C6H9N/c8-4-5-1-2-6(9)7(10)3-5;7-6-4-2-1-3-5-6/h1-3,9-10H,4,8H2;1-4,6H,5,7H2. The van der Waals surface area contributed by atoms with Gasteiger partial charge in [-0.2, -0.15) is 0 Å². The van der Waals surface area contributed by atoms with Crippen LogP contribution in [0, 0.1) is 0 Å². The van der Waals surface area contributed by atoms with Gasteiger partial charge in [-0.25, -0.2) is 0 Å². The summed E-state index contributed by atoms with van der Waals surface area (Å²) in [7, 11) is 0. The second kappa shape index (κ2) is 6.73. The second-order valence-corrected chi connectivity index (χ2v) is 3.74. The van der Waals surface area contributed by atoms with Crippen LogP contribution in [0.15, 0.2) is 42.5 Å². The van der Waals surface area contributed by atoms with Gasteiger partial charge in [0.2, 0.25) is 0 Å². The quantitative estimate of drug-likeness (QED) is 0.552. The second-order valence-electron chi connectivity index (χ2n) is 3.74. The van der Waals surface area contributed by atoms with Crippen LogP contribution in [-0.2, 0) is 6.54 Å². The Labute approximate surface area is 101 Å². The fourth-order valence-corrected chi connectivity index (χ4v) is 1.30. The molecule has 6 N–H and O–H groups in total. The van der Waals surface area contributed by atoms with E-state index in [1.165, 1.54) is 12.1 Å². The SMILES string of the molecule is NC1C=CC=CC1.NCc1ccc(O)c(O)c1. The van der Waals surface area contributed by atoms with E-state index < -0.39 is 0 Å². The summed E-state index contributed by atoms with van der Waals surface area (Å²) in [6, 6.07) is 4.78. The number of benzene rings is 1. The highest BCUT2D eigenvalue weighted by atomic mass is 16.3. The van der Waals surface area contributed by atoms with Crippen molar-refractivity contribution in [1.82, 2.24) is 0 Å². The number of phenolic OH excluding ortho intramolecular Hbond substituents is 2. The molecule has 1 aromatic rings. The largest absolute Gasteiger partial charge is 0.504 e. The molecule has 1 aromatic carbocycles. The van der Waals surface area contributed by atoms with E-state index in [-0.39, 0.29) is 17.5 Å². The predicted octanol–water partition coefficient (Wildman–Crippen LogP) is 1.39. The van der Waals surface area contributed by atoms with Crippen molar-refractivity contribution >= 4 is 0 Å². The molecule has 0 bridgehead atoms. The van der Waals surface area contributed by atoms with Crippen LogP contribution in [0.2, 0.25) is 0 Å². The maximum Gasteiger partial charge on any atom is 0.157 e. The molecule has 0 saturated heterocycles. The molecule has 0 spiro atoms. The maximum absolute atomic E-state index is 8.93. The highest BCUT2D eigenvalue weighted by Gasteiger charge is 1.97. The first-order valence-electron chi connectivity index (χ1n) is 5.43. The van der Waals surface area contributed by atoms with Crippen LogP contribution in [-0.4, -0.2) is 16.3 Å². The van der Waals surface area contributed by atoms with Gasteiger partial charge in [-0.3, -0.25) is 0 Å². The van der Waals surface area contributed by atoms with E-state index >= 15 is 0 Å². The van der Waals surface area contributed by atoms with E-state index in [0.29, 0.717) is 6.54 Å². The Bertz CT molecular complexity index is 414. The summed E-state index contributed by atoms with van der Waals surface area (Å²) in [6.07, 6.45) is 9.07. The maximum atomic E-state index is 8.93. The molecule has 1 atom stereocenters. The molecule has 0 radical (unpaired) electrons. The van der Waals surface area contributed by atoms with Gasteiger partial charge in [-0.05, 0) is 24.1 Å². The van der Waals surface area contributed by atoms with Gasteiger partial charge in [0, 0.05) is 12.6 Å². The van der Waals surface area contributed by atoms with Gasteiger partial charge in [0.1, 0.15) is 0 Å². The van der Waals surface area contributed by atoms with Gasteiger partial charge in [-0.15, -0.1) is 0 Å². The fourth-order valence-electron chi connectivity index (χ4n) is 1.30. The van der Waals surface area contributed by atoms with Crippen molar-refractivity contribution < 1.29 is 10.2 Å². The minimum absolute atomic E-state index is 0.114. The zero-order valence-corrected chi connectivity index (χ0v) is 9.58. The molecule has 1 aliphatic rings. The molecule has 17 heavy (non-hydrogen) atoms. The van der Waals surface area contributed by atoms with Gasteiger partial charge in [0.15, 0.2) is 11.5 Å². The molecule has 0 saturated carbocycles. The van der Waals surface area contributed by atoms with Crippen molar-refractivity contribution in [2.75, 3.05) is 0 Å². The normalized spacial score (nSPS) is 17.4. The summed E-state index contributed by atoms with van der Waals surface area (Å²) in [5, 5.41) is 17.8. The monoisotopic (exact) mass is 234 g/mol. The molecule has 2 rings (SSSR count). The van der Waals surface area contributed by atoms with E-state index in [2.05, 4.69) is 6.08 Å².